The Morgan fingerprint density at radius 2 is 1.79 bits per heavy atom. The molecule has 1 fully saturated rings. The highest BCUT2D eigenvalue weighted by Gasteiger charge is 2.32. The fourth-order valence-electron chi connectivity index (χ4n) is 4.50. The lowest BCUT2D eigenvalue weighted by atomic mass is 9.93. The second-order valence-electron chi connectivity index (χ2n) is 10.8. The first-order chi connectivity index (χ1) is 17.8. The van der Waals surface area contributed by atoms with Gasteiger partial charge < -0.3 is 15.0 Å². The van der Waals surface area contributed by atoms with E-state index < -0.39 is 27.8 Å². The van der Waals surface area contributed by atoms with Crippen molar-refractivity contribution in [1.82, 2.24) is 14.9 Å². The number of alkyl carbamates (subject to hydrolysis) is 1. The summed E-state index contributed by atoms with van der Waals surface area (Å²) in [5.74, 6) is 0.151. The first-order valence-corrected chi connectivity index (χ1v) is 15.5. The number of carbonyl (C=O) groups excluding carboxylic acids is 2. The zero-order chi connectivity index (χ0) is 27.9. The van der Waals surface area contributed by atoms with Crippen LogP contribution in [-0.4, -0.2) is 56.6 Å². The molecular weight excluding hydrogens is 617 g/mol. The van der Waals surface area contributed by atoms with Crippen molar-refractivity contribution in [2.45, 2.75) is 69.9 Å². The van der Waals surface area contributed by atoms with Gasteiger partial charge in [-0.2, -0.15) is 4.72 Å². The van der Waals surface area contributed by atoms with Gasteiger partial charge in [-0.15, -0.1) is 0 Å². The van der Waals surface area contributed by atoms with Gasteiger partial charge in [-0.05, 0) is 106 Å². The SMILES string of the molecule is Cc1cccc(C[C@H](NS(=O)(=O)c2cccc(I)c2)C(=O)N2CCC(CCNC(=O)OC(C)(C)C)CC2)c1. The van der Waals surface area contributed by atoms with E-state index in [1.165, 1.54) is 6.07 Å². The van der Waals surface area contributed by atoms with E-state index in [0.717, 1.165) is 34.0 Å². The average Bonchev–Trinajstić information content (AvgIpc) is 2.82. The summed E-state index contributed by atoms with van der Waals surface area (Å²) in [5, 5.41) is 2.80. The van der Waals surface area contributed by atoms with Crippen molar-refractivity contribution in [3.8, 4) is 0 Å². The van der Waals surface area contributed by atoms with E-state index in [9.17, 15) is 18.0 Å². The van der Waals surface area contributed by atoms with Crippen LogP contribution in [0.25, 0.3) is 0 Å². The second kappa shape index (κ2) is 13.3. The maximum absolute atomic E-state index is 13.6. The van der Waals surface area contributed by atoms with Gasteiger partial charge in [0.2, 0.25) is 15.9 Å². The molecule has 208 valence electrons. The molecule has 0 spiro atoms. The molecule has 10 heteroatoms. The minimum Gasteiger partial charge on any atom is -0.444 e. The molecule has 1 atom stereocenters. The van der Waals surface area contributed by atoms with E-state index in [1.54, 1.807) is 17.0 Å². The number of carbonyl (C=O) groups is 2. The molecule has 0 saturated carbocycles. The number of rotatable bonds is 9. The number of halogens is 1. The number of sulfonamides is 1. The van der Waals surface area contributed by atoms with E-state index in [2.05, 4.69) is 32.6 Å². The van der Waals surface area contributed by atoms with E-state index in [1.807, 2.05) is 58.0 Å². The number of likely N-dealkylation sites (tertiary alicyclic amines) is 1. The lowest BCUT2D eigenvalue weighted by Crippen LogP contribution is -2.51. The smallest absolute Gasteiger partial charge is 0.407 e. The summed E-state index contributed by atoms with van der Waals surface area (Å²) in [4.78, 5) is 27.4. The number of ether oxygens (including phenoxy) is 1. The van der Waals surface area contributed by atoms with Crippen LogP contribution in [0.2, 0.25) is 0 Å². The largest absolute Gasteiger partial charge is 0.444 e. The van der Waals surface area contributed by atoms with Gasteiger partial charge in [0.15, 0.2) is 0 Å². The van der Waals surface area contributed by atoms with Gasteiger partial charge in [0.1, 0.15) is 11.6 Å². The standard InChI is InChI=1S/C28H38IN3O5S/c1-20-7-5-8-22(17-20)18-25(31-38(35,36)24-10-6-9-23(29)19-24)26(33)32-15-12-21(13-16-32)11-14-30-27(34)37-28(2,3)4/h5-10,17,19,21,25,31H,11-16,18H2,1-4H3,(H,30,34)/t25-/m0/s1. The van der Waals surface area contributed by atoms with Gasteiger partial charge in [0.25, 0.3) is 0 Å². The molecular formula is C28H38IN3O5S. The van der Waals surface area contributed by atoms with E-state index in [0.29, 0.717) is 25.6 Å². The molecule has 0 aliphatic carbocycles. The normalized spacial score (nSPS) is 15.7. The highest BCUT2D eigenvalue weighted by atomic mass is 127. The Bertz CT molecular complexity index is 1220. The summed E-state index contributed by atoms with van der Waals surface area (Å²) in [6.07, 6.45) is 2.23. The summed E-state index contributed by atoms with van der Waals surface area (Å²) in [6, 6.07) is 13.5. The van der Waals surface area contributed by atoms with E-state index >= 15 is 0 Å². The number of nitrogens with zero attached hydrogens (tertiary/aromatic N) is 1. The molecule has 1 heterocycles. The minimum absolute atomic E-state index is 0.141. The van der Waals surface area contributed by atoms with Crippen molar-refractivity contribution in [3.05, 3.63) is 63.2 Å². The van der Waals surface area contributed by atoms with Crippen LogP contribution < -0.4 is 10.0 Å². The van der Waals surface area contributed by atoms with Crippen molar-refractivity contribution >= 4 is 44.6 Å². The van der Waals surface area contributed by atoms with E-state index in [-0.39, 0.29) is 17.2 Å². The van der Waals surface area contributed by atoms with Crippen LogP contribution in [0, 0.1) is 16.4 Å². The molecule has 8 nitrogen and oxygen atoms in total. The van der Waals surface area contributed by atoms with Crippen molar-refractivity contribution in [2.24, 2.45) is 5.92 Å². The molecule has 0 unspecified atom stereocenters. The Morgan fingerprint density at radius 3 is 2.42 bits per heavy atom. The summed E-state index contributed by atoms with van der Waals surface area (Å²) in [6.45, 7) is 9.05. The quantitative estimate of drug-likeness (QED) is 0.383. The molecule has 0 radical (unpaired) electrons. The Labute approximate surface area is 240 Å². The molecule has 0 bridgehead atoms. The number of aryl methyl sites for hydroxylation is 1. The Hall–Kier alpha value is -2.18. The topological polar surface area (TPSA) is 105 Å². The van der Waals surface area contributed by atoms with Crippen LogP contribution in [0.1, 0.15) is 51.2 Å². The van der Waals surface area contributed by atoms with Gasteiger partial charge in [-0.3, -0.25) is 4.79 Å². The van der Waals surface area contributed by atoms with Crippen molar-refractivity contribution in [3.63, 3.8) is 0 Å². The molecule has 2 aromatic carbocycles. The summed E-state index contributed by atoms with van der Waals surface area (Å²) < 4.78 is 35.2. The number of hydrogen-bond acceptors (Lipinski definition) is 5. The second-order valence-corrected chi connectivity index (χ2v) is 13.8. The predicted octanol–water partition coefficient (Wildman–Crippen LogP) is 4.64. The molecule has 2 aromatic rings. The lowest BCUT2D eigenvalue weighted by molar-refractivity contribution is -0.134. The first kappa shape index (κ1) is 30.4. The number of benzene rings is 2. The molecule has 2 N–H and O–H groups in total. The maximum Gasteiger partial charge on any atom is 0.407 e. The van der Waals surface area contributed by atoms with Crippen LogP contribution >= 0.6 is 22.6 Å². The van der Waals surface area contributed by atoms with Crippen molar-refractivity contribution in [2.75, 3.05) is 19.6 Å². The van der Waals surface area contributed by atoms with Gasteiger partial charge in [0, 0.05) is 23.2 Å². The van der Waals surface area contributed by atoms with Gasteiger partial charge >= 0.3 is 6.09 Å². The average molecular weight is 656 g/mol. The third-order valence-electron chi connectivity index (χ3n) is 6.37. The monoisotopic (exact) mass is 655 g/mol. The zero-order valence-corrected chi connectivity index (χ0v) is 25.5. The van der Waals surface area contributed by atoms with Crippen LogP contribution in [-0.2, 0) is 26.0 Å². The van der Waals surface area contributed by atoms with Gasteiger partial charge in [0.05, 0.1) is 4.90 Å². The minimum atomic E-state index is -3.89. The molecule has 0 aromatic heterocycles. The lowest BCUT2D eigenvalue weighted by Gasteiger charge is -2.34. The highest BCUT2D eigenvalue weighted by Crippen LogP contribution is 2.22. The molecule has 1 aliphatic rings. The van der Waals surface area contributed by atoms with Crippen molar-refractivity contribution in [1.29, 1.82) is 0 Å². The number of piperidine rings is 1. The summed E-state index contributed by atoms with van der Waals surface area (Å²) in [5.41, 5.74) is 1.41. The van der Waals surface area contributed by atoms with Crippen LogP contribution in [0.4, 0.5) is 4.79 Å². The fraction of sp³-hybridized carbons (Fsp3) is 0.500. The fourth-order valence-corrected chi connectivity index (χ4v) is 6.49. The highest BCUT2D eigenvalue weighted by molar-refractivity contribution is 14.1. The molecule has 1 aliphatic heterocycles. The van der Waals surface area contributed by atoms with E-state index in [4.69, 9.17) is 4.74 Å². The molecule has 3 rings (SSSR count). The number of nitrogens with one attached hydrogen (secondary N) is 2. The number of amides is 2. The van der Waals surface area contributed by atoms with Gasteiger partial charge in [-0.1, -0.05) is 35.9 Å². The third-order valence-corrected chi connectivity index (χ3v) is 8.51. The van der Waals surface area contributed by atoms with Crippen molar-refractivity contribution < 1.29 is 22.7 Å². The number of hydrogen-bond donors (Lipinski definition) is 2. The Balaban J connectivity index is 1.64. The third kappa shape index (κ3) is 9.53. The first-order valence-electron chi connectivity index (χ1n) is 12.9. The molecule has 1 saturated heterocycles. The summed E-state index contributed by atoms with van der Waals surface area (Å²) >= 11 is 2.07. The Morgan fingerprint density at radius 1 is 1.11 bits per heavy atom. The van der Waals surface area contributed by atoms with Crippen LogP contribution in [0.5, 0.6) is 0 Å². The van der Waals surface area contributed by atoms with Gasteiger partial charge in [-0.25, -0.2) is 13.2 Å². The molecule has 2 amide bonds. The zero-order valence-electron chi connectivity index (χ0n) is 22.5. The van der Waals surface area contributed by atoms with Crippen LogP contribution in [0.15, 0.2) is 53.4 Å². The van der Waals surface area contributed by atoms with Crippen LogP contribution in [0.3, 0.4) is 0 Å². The molecule has 38 heavy (non-hydrogen) atoms. The summed E-state index contributed by atoms with van der Waals surface area (Å²) in [7, 11) is -3.89. The maximum atomic E-state index is 13.6. The Kier molecular flexibility index (Phi) is 10.6. The predicted molar refractivity (Wildman–Crippen MR) is 156 cm³/mol.